The summed E-state index contributed by atoms with van der Waals surface area (Å²) in [6, 6.07) is 7.46. The lowest BCUT2D eigenvalue weighted by Gasteiger charge is -2.20. The monoisotopic (exact) mass is 337 g/mol. The molecule has 0 saturated heterocycles. The van der Waals surface area contributed by atoms with E-state index in [1.54, 1.807) is 18.5 Å². The summed E-state index contributed by atoms with van der Waals surface area (Å²) >= 11 is 0. The van der Waals surface area contributed by atoms with Crippen molar-refractivity contribution in [2.45, 2.75) is 38.6 Å². The molecule has 1 saturated carbocycles. The Hall–Kier alpha value is -2.43. The molecule has 0 spiro atoms. The van der Waals surface area contributed by atoms with Crippen molar-refractivity contribution in [2.24, 2.45) is 5.92 Å². The third kappa shape index (κ3) is 3.65. The van der Waals surface area contributed by atoms with Crippen LogP contribution in [0.15, 0.2) is 41.5 Å². The lowest BCUT2D eigenvalue weighted by Crippen LogP contribution is -2.33. The summed E-state index contributed by atoms with van der Waals surface area (Å²) in [4.78, 5) is 31.0. The molecule has 1 aliphatic heterocycles. The minimum Gasteiger partial charge on any atom is -0.342 e. The molecule has 5 heteroatoms. The Morgan fingerprint density at radius 2 is 2.00 bits per heavy atom. The number of hydrogen-bond acceptors (Lipinski definition) is 3. The highest BCUT2D eigenvalue weighted by Crippen LogP contribution is 2.33. The van der Waals surface area contributed by atoms with Gasteiger partial charge in [-0.1, -0.05) is 12.1 Å². The number of amides is 1. The second-order valence-corrected chi connectivity index (χ2v) is 7.12. The van der Waals surface area contributed by atoms with Crippen LogP contribution in [0.4, 0.5) is 0 Å². The van der Waals surface area contributed by atoms with Crippen LogP contribution >= 0.6 is 0 Å². The molecule has 0 N–H and O–H groups in total. The molecule has 4 rings (SSSR count). The molecule has 1 amide bonds. The van der Waals surface area contributed by atoms with Crippen molar-refractivity contribution >= 4 is 5.91 Å². The van der Waals surface area contributed by atoms with Crippen molar-refractivity contribution in [1.82, 2.24) is 14.5 Å². The van der Waals surface area contributed by atoms with Gasteiger partial charge in [-0.3, -0.25) is 14.6 Å². The van der Waals surface area contributed by atoms with Gasteiger partial charge in [0.1, 0.15) is 0 Å². The van der Waals surface area contributed by atoms with E-state index in [2.05, 4.69) is 4.98 Å². The summed E-state index contributed by atoms with van der Waals surface area (Å²) in [7, 11) is 0. The van der Waals surface area contributed by atoms with E-state index >= 15 is 0 Å². The van der Waals surface area contributed by atoms with E-state index in [0.717, 1.165) is 30.6 Å². The van der Waals surface area contributed by atoms with Gasteiger partial charge in [-0.2, -0.15) is 0 Å². The Morgan fingerprint density at radius 1 is 1.16 bits per heavy atom. The van der Waals surface area contributed by atoms with Crippen molar-refractivity contribution in [3.8, 4) is 0 Å². The lowest BCUT2D eigenvalue weighted by molar-refractivity contribution is -0.131. The average molecular weight is 337 g/mol. The Bertz CT molecular complexity index is 825. The highest BCUT2D eigenvalue weighted by molar-refractivity contribution is 5.76. The number of hydrogen-bond donors (Lipinski definition) is 0. The largest absolute Gasteiger partial charge is 0.342 e. The fraction of sp³-hybridized carbons (Fsp3) is 0.450. The number of nitrogens with zero attached hydrogens (tertiary/aromatic N) is 3. The summed E-state index contributed by atoms with van der Waals surface area (Å²) in [6.45, 7) is 1.99. The van der Waals surface area contributed by atoms with Gasteiger partial charge in [0.05, 0.1) is 6.54 Å². The maximum atomic E-state index is 12.4. The predicted molar refractivity (Wildman–Crippen MR) is 95.4 cm³/mol. The molecule has 1 aliphatic carbocycles. The van der Waals surface area contributed by atoms with Crippen molar-refractivity contribution < 1.29 is 4.79 Å². The Morgan fingerprint density at radius 3 is 2.76 bits per heavy atom. The number of carbonyl (C=O) groups is 1. The average Bonchev–Trinajstić information content (AvgIpc) is 3.44. The molecule has 2 aromatic rings. The van der Waals surface area contributed by atoms with E-state index in [1.165, 1.54) is 18.4 Å². The molecular weight excluding hydrogens is 314 g/mol. The van der Waals surface area contributed by atoms with Crippen LogP contribution in [0.2, 0.25) is 0 Å². The molecule has 0 bridgehead atoms. The Labute approximate surface area is 147 Å². The second-order valence-electron chi connectivity index (χ2n) is 7.12. The van der Waals surface area contributed by atoms with Crippen LogP contribution < -0.4 is 5.56 Å². The van der Waals surface area contributed by atoms with Crippen molar-refractivity contribution in [1.29, 1.82) is 0 Å². The number of rotatable bonds is 4. The van der Waals surface area contributed by atoms with Crippen LogP contribution in [0, 0.1) is 5.92 Å². The maximum absolute atomic E-state index is 12.4. The van der Waals surface area contributed by atoms with Crippen molar-refractivity contribution in [3.63, 3.8) is 0 Å². The fourth-order valence-corrected chi connectivity index (χ4v) is 3.59. The van der Waals surface area contributed by atoms with Gasteiger partial charge < -0.3 is 9.47 Å². The topological polar surface area (TPSA) is 55.2 Å². The molecule has 2 aliphatic rings. The quantitative estimate of drug-likeness (QED) is 0.858. The highest BCUT2D eigenvalue weighted by Gasteiger charge is 2.28. The first kappa shape index (κ1) is 16.1. The number of carbonyl (C=O) groups excluding carboxylic acids is 1. The first-order valence-corrected chi connectivity index (χ1v) is 9.09. The standard InChI is InChI=1S/C20H23N3O2/c24-19-6-5-17-7-10-22(20(25)12-15-3-4-15)11-8-18(17)23(19)14-16-2-1-9-21-13-16/h1-2,5-6,9,13,15H,3-4,7-8,10-12,14H2. The van der Waals surface area contributed by atoms with E-state index < -0.39 is 0 Å². The molecule has 3 heterocycles. The predicted octanol–water partition coefficient (Wildman–Crippen LogP) is 2.02. The maximum Gasteiger partial charge on any atom is 0.251 e. The molecular formula is C20H23N3O2. The Kier molecular flexibility index (Phi) is 4.38. The minimum atomic E-state index is 0.0142. The summed E-state index contributed by atoms with van der Waals surface area (Å²) in [5, 5.41) is 0. The van der Waals surface area contributed by atoms with Crippen LogP contribution in [0.5, 0.6) is 0 Å². The van der Waals surface area contributed by atoms with Crippen LogP contribution in [-0.4, -0.2) is 33.4 Å². The summed E-state index contributed by atoms with van der Waals surface area (Å²) in [5.74, 6) is 0.887. The number of pyridine rings is 2. The van der Waals surface area contributed by atoms with E-state index in [9.17, 15) is 9.59 Å². The van der Waals surface area contributed by atoms with Gasteiger partial charge in [0.2, 0.25) is 5.91 Å². The van der Waals surface area contributed by atoms with Crippen LogP contribution in [0.25, 0.3) is 0 Å². The van der Waals surface area contributed by atoms with E-state index in [4.69, 9.17) is 0 Å². The van der Waals surface area contributed by atoms with Crippen molar-refractivity contribution in [3.05, 3.63) is 63.8 Å². The lowest BCUT2D eigenvalue weighted by atomic mass is 10.1. The zero-order valence-electron chi connectivity index (χ0n) is 14.4. The van der Waals surface area contributed by atoms with Crippen LogP contribution in [-0.2, 0) is 24.2 Å². The molecule has 2 aromatic heterocycles. The molecule has 0 aromatic carbocycles. The third-order valence-corrected chi connectivity index (χ3v) is 5.24. The highest BCUT2D eigenvalue weighted by atomic mass is 16.2. The van der Waals surface area contributed by atoms with Gasteiger partial charge in [-0.05, 0) is 42.4 Å². The Balaban J connectivity index is 1.56. The minimum absolute atomic E-state index is 0.0142. The van der Waals surface area contributed by atoms with E-state index in [1.807, 2.05) is 27.7 Å². The van der Waals surface area contributed by atoms with Gasteiger partial charge in [-0.25, -0.2) is 0 Å². The van der Waals surface area contributed by atoms with Gasteiger partial charge in [0, 0.05) is 50.1 Å². The fourth-order valence-electron chi connectivity index (χ4n) is 3.59. The van der Waals surface area contributed by atoms with Crippen LogP contribution in [0.3, 0.4) is 0 Å². The molecule has 5 nitrogen and oxygen atoms in total. The first-order valence-electron chi connectivity index (χ1n) is 9.09. The zero-order valence-corrected chi connectivity index (χ0v) is 14.4. The van der Waals surface area contributed by atoms with Gasteiger partial charge >= 0.3 is 0 Å². The van der Waals surface area contributed by atoms with E-state index in [0.29, 0.717) is 25.4 Å². The molecule has 1 fully saturated rings. The smallest absolute Gasteiger partial charge is 0.251 e. The third-order valence-electron chi connectivity index (χ3n) is 5.24. The summed E-state index contributed by atoms with van der Waals surface area (Å²) in [6.07, 6.45) is 8.18. The summed E-state index contributed by atoms with van der Waals surface area (Å²) < 4.78 is 1.85. The van der Waals surface area contributed by atoms with Crippen molar-refractivity contribution in [2.75, 3.05) is 13.1 Å². The molecule has 0 unspecified atom stereocenters. The second kappa shape index (κ2) is 6.82. The van der Waals surface area contributed by atoms with E-state index in [-0.39, 0.29) is 11.5 Å². The molecule has 0 radical (unpaired) electrons. The number of fused-ring (bicyclic) bond motifs is 1. The van der Waals surface area contributed by atoms with Gasteiger partial charge in [0.25, 0.3) is 5.56 Å². The normalized spacial score (nSPS) is 17.0. The summed E-state index contributed by atoms with van der Waals surface area (Å²) in [5.41, 5.74) is 3.28. The molecule has 130 valence electrons. The number of aromatic nitrogens is 2. The molecule has 25 heavy (non-hydrogen) atoms. The first-order chi connectivity index (χ1) is 12.2. The van der Waals surface area contributed by atoms with Gasteiger partial charge in [-0.15, -0.1) is 0 Å². The van der Waals surface area contributed by atoms with Gasteiger partial charge in [0.15, 0.2) is 0 Å². The molecule has 0 atom stereocenters. The van der Waals surface area contributed by atoms with Crippen LogP contribution in [0.1, 0.15) is 36.1 Å². The SMILES string of the molecule is O=C(CC1CC1)N1CCc2ccc(=O)n(Cc3cccnc3)c2CC1. The zero-order chi connectivity index (χ0) is 17.2.